The molecule has 0 aliphatic heterocycles. The van der Waals surface area contributed by atoms with Crippen LogP contribution in [0.1, 0.15) is 24.2 Å². The number of aliphatic hydroxyl groups is 1. The molecule has 1 heterocycles. The standard InChI is InChI=1S/C16H18ClN3O2/c1-16(2,10-21)20-14-8-7-11(9-18-14)19-15(22)12-5-3-4-6-13(12)17/h3-9,21H,10H2,1-2H3,(H,18,20)(H,19,22). The second kappa shape index (κ2) is 6.77. The van der Waals surface area contributed by atoms with E-state index in [2.05, 4.69) is 15.6 Å². The predicted octanol–water partition coefficient (Wildman–Crippen LogP) is 3.17. The maximum absolute atomic E-state index is 12.1. The van der Waals surface area contributed by atoms with Crippen molar-refractivity contribution < 1.29 is 9.90 Å². The number of amides is 1. The van der Waals surface area contributed by atoms with Gasteiger partial charge in [-0.05, 0) is 38.1 Å². The minimum atomic E-state index is -0.463. The van der Waals surface area contributed by atoms with Crippen molar-refractivity contribution >= 4 is 29.0 Å². The van der Waals surface area contributed by atoms with Gasteiger partial charge in [0, 0.05) is 0 Å². The van der Waals surface area contributed by atoms with Crippen LogP contribution in [-0.4, -0.2) is 28.1 Å². The number of hydrogen-bond donors (Lipinski definition) is 3. The minimum absolute atomic E-state index is 0.0142. The van der Waals surface area contributed by atoms with E-state index in [1.54, 1.807) is 42.6 Å². The van der Waals surface area contributed by atoms with E-state index in [0.717, 1.165) is 0 Å². The number of carbonyl (C=O) groups is 1. The Hall–Kier alpha value is -2.11. The molecule has 0 saturated heterocycles. The quantitative estimate of drug-likeness (QED) is 0.791. The number of anilines is 2. The van der Waals surface area contributed by atoms with E-state index in [0.29, 0.717) is 22.1 Å². The lowest BCUT2D eigenvalue weighted by atomic mass is 10.1. The van der Waals surface area contributed by atoms with Gasteiger partial charge in [0.1, 0.15) is 5.82 Å². The fraction of sp³-hybridized carbons (Fsp3) is 0.250. The molecule has 0 fully saturated rings. The van der Waals surface area contributed by atoms with E-state index in [1.165, 1.54) is 0 Å². The third-order valence-corrected chi connectivity index (χ3v) is 3.33. The third-order valence-electron chi connectivity index (χ3n) is 3.00. The number of benzene rings is 1. The molecule has 0 spiro atoms. The summed E-state index contributed by atoms with van der Waals surface area (Å²) >= 11 is 5.99. The fourth-order valence-corrected chi connectivity index (χ4v) is 1.99. The molecular weight excluding hydrogens is 302 g/mol. The summed E-state index contributed by atoms with van der Waals surface area (Å²) in [5, 5.41) is 15.5. The van der Waals surface area contributed by atoms with Crippen LogP contribution < -0.4 is 10.6 Å². The molecular formula is C16H18ClN3O2. The molecule has 1 aromatic carbocycles. The Balaban J connectivity index is 2.06. The first-order valence-electron chi connectivity index (χ1n) is 6.82. The molecule has 116 valence electrons. The van der Waals surface area contributed by atoms with Crippen LogP contribution in [0.4, 0.5) is 11.5 Å². The molecule has 1 aromatic heterocycles. The van der Waals surface area contributed by atoms with Gasteiger partial charge in [-0.3, -0.25) is 4.79 Å². The number of nitrogens with zero attached hydrogens (tertiary/aromatic N) is 1. The van der Waals surface area contributed by atoms with E-state index < -0.39 is 5.54 Å². The normalized spacial score (nSPS) is 11.1. The molecule has 0 bridgehead atoms. The van der Waals surface area contributed by atoms with E-state index >= 15 is 0 Å². The molecule has 2 aromatic rings. The number of hydrogen-bond acceptors (Lipinski definition) is 4. The topological polar surface area (TPSA) is 74.2 Å². The zero-order valence-corrected chi connectivity index (χ0v) is 13.2. The van der Waals surface area contributed by atoms with Crippen molar-refractivity contribution in [3.8, 4) is 0 Å². The van der Waals surface area contributed by atoms with Crippen molar-refractivity contribution in [1.82, 2.24) is 4.98 Å². The molecule has 22 heavy (non-hydrogen) atoms. The van der Waals surface area contributed by atoms with Crippen molar-refractivity contribution in [2.24, 2.45) is 0 Å². The molecule has 0 aliphatic rings. The Morgan fingerprint density at radius 3 is 2.59 bits per heavy atom. The van der Waals surface area contributed by atoms with E-state index in [1.807, 2.05) is 13.8 Å². The summed E-state index contributed by atoms with van der Waals surface area (Å²) in [4.78, 5) is 16.3. The van der Waals surface area contributed by atoms with Gasteiger partial charge in [0.05, 0.1) is 34.6 Å². The number of pyridine rings is 1. The minimum Gasteiger partial charge on any atom is -0.394 e. The second-order valence-corrected chi connectivity index (χ2v) is 5.94. The van der Waals surface area contributed by atoms with Gasteiger partial charge in [-0.25, -0.2) is 4.98 Å². The smallest absolute Gasteiger partial charge is 0.257 e. The molecule has 0 saturated carbocycles. The fourth-order valence-electron chi connectivity index (χ4n) is 1.77. The van der Waals surface area contributed by atoms with Crippen LogP contribution in [0.2, 0.25) is 5.02 Å². The maximum Gasteiger partial charge on any atom is 0.257 e. The highest BCUT2D eigenvalue weighted by Crippen LogP contribution is 2.18. The molecule has 0 aliphatic carbocycles. The number of nitrogens with one attached hydrogen (secondary N) is 2. The van der Waals surface area contributed by atoms with Gasteiger partial charge in [-0.15, -0.1) is 0 Å². The summed E-state index contributed by atoms with van der Waals surface area (Å²) in [6.07, 6.45) is 1.55. The molecule has 5 nitrogen and oxygen atoms in total. The van der Waals surface area contributed by atoms with Gasteiger partial charge < -0.3 is 15.7 Å². The summed E-state index contributed by atoms with van der Waals surface area (Å²) in [6.45, 7) is 3.71. The van der Waals surface area contributed by atoms with Crippen molar-refractivity contribution in [2.75, 3.05) is 17.2 Å². The molecule has 0 unspecified atom stereocenters. The lowest BCUT2D eigenvalue weighted by molar-refractivity contribution is 0.102. The third kappa shape index (κ3) is 4.19. The summed E-state index contributed by atoms with van der Waals surface area (Å²) in [5.41, 5.74) is 0.514. The number of aliphatic hydroxyl groups excluding tert-OH is 1. The molecule has 2 rings (SSSR count). The van der Waals surface area contributed by atoms with Gasteiger partial charge in [0.15, 0.2) is 0 Å². The van der Waals surface area contributed by atoms with Crippen molar-refractivity contribution in [2.45, 2.75) is 19.4 Å². The van der Waals surface area contributed by atoms with E-state index in [-0.39, 0.29) is 12.5 Å². The number of rotatable bonds is 5. The largest absolute Gasteiger partial charge is 0.394 e. The second-order valence-electron chi connectivity index (χ2n) is 5.53. The Bertz CT molecular complexity index is 657. The van der Waals surface area contributed by atoms with Crippen LogP contribution in [-0.2, 0) is 0 Å². The zero-order chi connectivity index (χ0) is 16.2. The first-order chi connectivity index (χ1) is 10.4. The van der Waals surface area contributed by atoms with Crippen molar-refractivity contribution in [3.63, 3.8) is 0 Å². The van der Waals surface area contributed by atoms with Gasteiger partial charge in [-0.1, -0.05) is 23.7 Å². The molecule has 0 radical (unpaired) electrons. The zero-order valence-electron chi connectivity index (χ0n) is 12.4. The average Bonchev–Trinajstić information content (AvgIpc) is 2.49. The van der Waals surface area contributed by atoms with Crippen LogP contribution in [0.25, 0.3) is 0 Å². The first kappa shape index (κ1) is 16.3. The highest BCUT2D eigenvalue weighted by molar-refractivity contribution is 6.34. The predicted molar refractivity (Wildman–Crippen MR) is 88.4 cm³/mol. The number of halogens is 1. The van der Waals surface area contributed by atoms with Gasteiger partial charge >= 0.3 is 0 Å². The Kier molecular flexibility index (Phi) is 5.00. The van der Waals surface area contributed by atoms with Crippen molar-refractivity contribution in [3.05, 3.63) is 53.2 Å². The summed E-state index contributed by atoms with van der Waals surface area (Å²) < 4.78 is 0. The van der Waals surface area contributed by atoms with Crippen molar-refractivity contribution in [1.29, 1.82) is 0 Å². The SMILES string of the molecule is CC(C)(CO)Nc1ccc(NC(=O)c2ccccc2Cl)cn1. The van der Waals surface area contributed by atoms with E-state index in [9.17, 15) is 9.90 Å². The average molecular weight is 320 g/mol. The van der Waals surface area contributed by atoms with Gasteiger partial charge in [-0.2, -0.15) is 0 Å². The number of carbonyl (C=O) groups excluding carboxylic acids is 1. The van der Waals surface area contributed by atoms with Gasteiger partial charge in [0.2, 0.25) is 0 Å². The summed E-state index contributed by atoms with van der Waals surface area (Å²) in [7, 11) is 0. The number of aromatic nitrogens is 1. The van der Waals surface area contributed by atoms with Crippen LogP contribution >= 0.6 is 11.6 Å². The molecule has 6 heteroatoms. The maximum atomic E-state index is 12.1. The van der Waals surface area contributed by atoms with Crippen LogP contribution in [0.15, 0.2) is 42.6 Å². The monoisotopic (exact) mass is 319 g/mol. The van der Waals surface area contributed by atoms with E-state index in [4.69, 9.17) is 11.6 Å². The first-order valence-corrected chi connectivity index (χ1v) is 7.20. The highest BCUT2D eigenvalue weighted by Gasteiger charge is 2.16. The molecule has 3 N–H and O–H groups in total. The Morgan fingerprint density at radius 1 is 1.27 bits per heavy atom. The van der Waals surface area contributed by atoms with Crippen LogP contribution in [0.5, 0.6) is 0 Å². The summed E-state index contributed by atoms with van der Waals surface area (Å²) in [6, 6.07) is 10.3. The van der Waals surface area contributed by atoms with Gasteiger partial charge in [0.25, 0.3) is 5.91 Å². The molecule has 0 atom stereocenters. The highest BCUT2D eigenvalue weighted by atomic mass is 35.5. The van der Waals surface area contributed by atoms with Crippen LogP contribution in [0.3, 0.4) is 0 Å². The lowest BCUT2D eigenvalue weighted by Crippen LogP contribution is -2.35. The molecule has 1 amide bonds. The lowest BCUT2D eigenvalue weighted by Gasteiger charge is -2.24. The Labute approximate surface area is 134 Å². The summed E-state index contributed by atoms with van der Waals surface area (Å²) in [5.74, 6) is 0.332. The Morgan fingerprint density at radius 2 is 2.00 bits per heavy atom. The van der Waals surface area contributed by atoms with Crippen LogP contribution in [0, 0.1) is 0 Å².